The van der Waals surface area contributed by atoms with Crippen molar-refractivity contribution in [1.29, 1.82) is 0 Å². The van der Waals surface area contributed by atoms with Crippen molar-refractivity contribution in [2.75, 3.05) is 0 Å². The zero-order valence-corrected chi connectivity index (χ0v) is 14.4. The number of carbonyl (C=O) groups is 1. The average Bonchev–Trinajstić information content (AvgIpc) is 3.45. The van der Waals surface area contributed by atoms with Crippen LogP contribution in [0, 0.1) is 5.82 Å². The normalized spacial score (nSPS) is 14.5. The van der Waals surface area contributed by atoms with Gasteiger partial charge in [0.05, 0.1) is 4.90 Å². The summed E-state index contributed by atoms with van der Waals surface area (Å²) in [6.45, 7) is 0.0905. The number of benzene rings is 2. The predicted molar refractivity (Wildman–Crippen MR) is 88.9 cm³/mol. The Hall–Kier alpha value is -2.35. The molecular weight excluding hydrogens is 367 g/mol. The Morgan fingerprint density at radius 3 is 2.23 bits per heavy atom. The smallest absolute Gasteiger partial charge is 0.331 e. The number of carbonyl (C=O) groups excluding carboxylic acids is 1. The minimum atomic E-state index is -4.71. The maximum atomic E-state index is 13.9. The van der Waals surface area contributed by atoms with Crippen LogP contribution in [0.25, 0.3) is 0 Å². The molecule has 1 amide bonds. The van der Waals surface area contributed by atoms with E-state index in [1.165, 1.54) is 23.1 Å². The van der Waals surface area contributed by atoms with Crippen LogP contribution in [-0.4, -0.2) is 31.0 Å². The maximum absolute atomic E-state index is 13.9. The summed E-state index contributed by atoms with van der Waals surface area (Å²) in [6.07, 6.45) is 1.61. The van der Waals surface area contributed by atoms with Crippen LogP contribution >= 0.6 is 0 Å². The lowest BCUT2D eigenvalue weighted by molar-refractivity contribution is 0.0728. The second kappa shape index (κ2) is 7.11. The molecule has 0 saturated heterocycles. The van der Waals surface area contributed by atoms with Crippen LogP contribution in [0.15, 0.2) is 53.4 Å². The number of hydrogen-bond acceptors (Lipinski definition) is 3. The highest BCUT2D eigenvalue weighted by Crippen LogP contribution is 2.30. The van der Waals surface area contributed by atoms with Crippen LogP contribution < -0.4 is 0 Å². The van der Waals surface area contributed by atoms with Gasteiger partial charge >= 0.3 is 5.76 Å². The molecule has 1 fully saturated rings. The standard InChI is InChI=1S/C18H16F3NO3S/c19-16-4-2-1-3-13(16)11-22(14-7-8-14)17(23)12-5-9-15(10-6-12)26(24,25)18(20)21/h1-6,9-10,14,18H,7-8,11H2. The lowest BCUT2D eigenvalue weighted by Crippen LogP contribution is -2.33. The van der Waals surface area contributed by atoms with Gasteiger partial charge in [0, 0.05) is 23.7 Å². The molecule has 4 nitrogen and oxygen atoms in total. The van der Waals surface area contributed by atoms with E-state index in [2.05, 4.69) is 0 Å². The Balaban J connectivity index is 1.83. The Labute approximate surface area is 149 Å². The van der Waals surface area contributed by atoms with E-state index >= 15 is 0 Å². The highest BCUT2D eigenvalue weighted by molar-refractivity contribution is 7.91. The summed E-state index contributed by atoms with van der Waals surface area (Å²) in [5, 5.41) is 0. The van der Waals surface area contributed by atoms with Crippen LogP contribution in [-0.2, 0) is 16.4 Å². The van der Waals surface area contributed by atoms with Crippen molar-refractivity contribution in [1.82, 2.24) is 4.90 Å². The van der Waals surface area contributed by atoms with Crippen LogP contribution in [0.4, 0.5) is 13.2 Å². The van der Waals surface area contributed by atoms with E-state index in [-0.39, 0.29) is 18.2 Å². The Morgan fingerprint density at radius 2 is 1.69 bits per heavy atom. The average molecular weight is 383 g/mol. The van der Waals surface area contributed by atoms with E-state index < -0.39 is 32.2 Å². The van der Waals surface area contributed by atoms with Gasteiger partial charge in [-0.05, 0) is 43.2 Å². The molecular formula is C18H16F3NO3S. The molecule has 26 heavy (non-hydrogen) atoms. The molecule has 2 aromatic rings. The minimum Gasteiger partial charge on any atom is -0.331 e. The third-order valence-corrected chi connectivity index (χ3v) is 5.61. The van der Waals surface area contributed by atoms with Gasteiger partial charge in [-0.2, -0.15) is 8.78 Å². The van der Waals surface area contributed by atoms with E-state index in [0.717, 1.165) is 25.0 Å². The molecule has 138 valence electrons. The summed E-state index contributed by atoms with van der Waals surface area (Å²) in [5.74, 6) is -4.32. The largest absolute Gasteiger partial charge is 0.341 e. The van der Waals surface area contributed by atoms with Gasteiger partial charge in [0.1, 0.15) is 5.82 Å². The summed E-state index contributed by atoms with van der Waals surface area (Å²) >= 11 is 0. The van der Waals surface area contributed by atoms with Gasteiger partial charge in [-0.3, -0.25) is 4.79 Å². The van der Waals surface area contributed by atoms with Gasteiger partial charge < -0.3 is 4.90 Å². The topological polar surface area (TPSA) is 54.5 Å². The zero-order valence-electron chi connectivity index (χ0n) is 13.6. The van der Waals surface area contributed by atoms with Gasteiger partial charge in [-0.15, -0.1) is 0 Å². The van der Waals surface area contributed by atoms with E-state index in [9.17, 15) is 26.4 Å². The van der Waals surface area contributed by atoms with Crippen molar-refractivity contribution in [2.24, 2.45) is 0 Å². The molecule has 0 heterocycles. The molecule has 0 N–H and O–H groups in total. The molecule has 8 heteroatoms. The van der Waals surface area contributed by atoms with E-state index in [1.807, 2.05) is 0 Å². The Morgan fingerprint density at radius 1 is 1.08 bits per heavy atom. The first-order valence-corrected chi connectivity index (χ1v) is 9.52. The quantitative estimate of drug-likeness (QED) is 0.766. The van der Waals surface area contributed by atoms with Crippen molar-refractivity contribution in [3.05, 3.63) is 65.5 Å². The second-order valence-corrected chi connectivity index (χ2v) is 8.00. The van der Waals surface area contributed by atoms with Gasteiger partial charge in [0.15, 0.2) is 0 Å². The summed E-state index contributed by atoms with van der Waals surface area (Å²) < 4.78 is 62.0. The fraction of sp³-hybridized carbons (Fsp3) is 0.278. The van der Waals surface area contributed by atoms with E-state index in [1.54, 1.807) is 18.2 Å². The molecule has 1 aliphatic carbocycles. The first-order valence-electron chi connectivity index (χ1n) is 7.97. The molecule has 0 atom stereocenters. The molecule has 0 bridgehead atoms. The monoisotopic (exact) mass is 383 g/mol. The molecule has 2 aromatic carbocycles. The SMILES string of the molecule is O=C(c1ccc(S(=O)(=O)C(F)F)cc1)N(Cc1ccccc1F)C1CC1. The minimum absolute atomic E-state index is 0.00780. The zero-order chi connectivity index (χ0) is 18.9. The molecule has 0 radical (unpaired) electrons. The summed E-state index contributed by atoms with van der Waals surface area (Å²) in [7, 11) is -4.71. The molecule has 1 saturated carbocycles. The number of nitrogens with zero attached hydrogens (tertiary/aromatic N) is 1. The highest BCUT2D eigenvalue weighted by atomic mass is 32.2. The molecule has 0 unspecified atom stereocenters. The van der Waals surface area contributed by atoms with Crippen molar-refractivity contribution in [3.63, 3.8) is 0 Å². The summed E-state index contributed by atoms with van der Waals surface area (Å²) in [6, 6.07) is 10.5. The maximum Gasteiger partial charge on any atom is 0.341 e. The van der Waals surface area contributed by atoms with Crippen LogP contribution in [0.2, 0.25) is 0 Å². The third kappa shape index (κ3) is 3.75. The Bertz CT molecular complexity index is 910. The molecule has 3 rings (SSSR count). The van der Waals surface area contributed by atoms with Gasteiger partial charge in [-0.25, -0.2) is 12.8 Å². The Kier molecular flexibility index (Phi) is 5.04. The van der Waals surface area contributed by atoms with Gasteiger partial charge in [0.2, 0.25) is 9.84 Å². The van der Waals surface area contributed by atoms with Crippen molar-refractivity contribution in [2.45, 2.75) is 36.1 Å². The summed E-state index contributed by atoms with van der Waals surface area (Å²) in [5.41, 5.74) is 0.547. The highest BCUT2D eigenvalue weighted by Gasteiger charge is 2.34. The van der Waals surface area contributed by atoms with Crippen molar-refractivity contribution in [3.8, 4) is 0 Å². The van der Waals surface area contributed by atoms with E-state index in [0.29, 0.717) is 5.56 Å². The molecule has 0 spiro atoms. The summed E-state index contributed by atoms with van der Waals surface area (Å²) in [4.78, 5) is 13.7. The van der Waals surface area contributed by atoms with Crippen LogP contribution in [0.3, 0.4) is 0 Å². The fourth-order valence-electron chi connectivity index (χ4n) is 2.62. The number of alkyl halides is 2. The van der Waals surface area contributed by atoms with Gasteiger partial charge in [0.25, 0.3) is 5.91 Å². The lowest BCUT2D eigenvalue weighted by atomic mass is 10.1. The first-order chi connectivity index (χ1) is 12.3. The molecule has 0 aromatic heterocycles. The van der Waals surface area contributed by atoms with Crippen molar-refractivity contribution < 1.29 is 26.4 Å². The fourth-order valence-corrected chi connectivity index (χ4v) is 3.34. The number of hydrogen-bond donors (Lipinski definition) is 0. The van der Waals surface area contributed by atoms with Crippen LogP contribution in [0.5, 0.6) is 0 Å². The number of rotatable bonds is 6. The number of halogens is 3. The van der Waals surface area contributed by atoms with Crippen molar-refractivity contribution >= 4 is 15.7 Å². The molecule has 1 aliphatic rings. The predicted octanol–water partition coefficient (Wildman–Crippen LogP) is 3.63. The van der Waals surface area contributed by atoms with Crippen LogP contribution in [0.1, 0.15) is 28.8 Å². The third-order valence-electron chi connectivity index (χ3n) is 4.21. The lowest BCUT2D eigenvalue weighted by Gasteiger charge is -2.23. The second-order valence-electron chi connectivity index (χ2n) is 6.09. The molecule has 0 aliphatic heterocycles. The number of sulfone groups is 1. The van der Waals surface area contributed by atoms with Gasteiger partial charge in [-0.1, -0.05) is 18.2 Å². The van der Waals surface area contributed by atoms with E-state index in [4.69, 9.17) is 0 Å². The number of amides is 1. The first kappa shape index (κ1) is 18.4.